The summed E-state index contributed by atoms with van der Waals surface area (Å²) in [5.41, 5.74) is 1.81. The Hall–Kier alpha value is -1.47. The third-order valence-electron chi connectivity index (χ3n) is 3.56. The fourth-order valence-corrected chi connectivity index (χ4v) is 3.00. The second-order valence-corrected chi connectivity index (χ2v) is 5.78. The Bertz CT molecular complexity index is 548. The molecule has 2 rings (SSSR count). The number of oxime groups is 1. The van der Waals surface area contributed by atoms with Crippen molar-refractivity contribution in [2.75, 3.05) is 13.1 Å². The van der Waals surface area contributed by atoms with Gasteiger partial charge in [0.05, 0.1) is 15.1 Å². The summed E-state index contributed by atoms with van der Waals surface area (Å²) in [5, 5.41) is 23.1. The van der Waals surface area contributed by atoms with Crippen LogP contribution in [0.3, 0.4) is 0 Å². The van der Waals surface area contributed by atoms with Gasteiger partial charge in [0, 0.05) is 38.0 Å². The number of likely N-dealkylation sites (tertiary alicyclic amines) is 1. The van der Waals surface area contributed by atoms with E-state index in [0.717, 1.165) is 30.8 Å². The average Bonchev–Trinajstić information content (AvgIpc) is 2.41. The molecule has 0 amide bonds. The van der Waals surface area contributed by atoms with Crippen molar-refractivity contribution >= 4 is 27.3 Å². The van der Waals surface area contributed by atoms with Crippen LogP contribution in [0.1, 0.15) is 18.9 Å². The van der Waals surface area contributed by atoms with E-state index in [-0.39, 0.29) is 16.5 Å². The predicted molar refractivity (Wildman–Crippen MR) is 79.1 cm³/mol. The van der Waals surface area contributed by atoms with Gasteiger partial charge in [-0.3, -0.25) is 15.0 Å². The molecule has 0 radical (unpaired) electrons. The fourth-order valence-electron chi connectivity index (χ4n) is 2.47. The zero-order valence-electron chi connectivity index (χ0n) is 11.1. The topological polar surface area (TPSA) is 79.0 Å². The van der Waals surface area contributed by atoms with Gasteiger partial charge in [-0.1, -0.05) is 24.2 Å². The van der Waals surface area contributed by atoms with Gasteiger partial charge in [-0.05, 0) is 21.5 Å². The minimum atomic E-state index is -0.386. The molecule has 0 saturated carbocycles. The molecule has 0 spiro atoms. The molecular weight excluding hydrogens is 326 g/mol. The molecule has 1 aliphatic rings. The summed E-state index contributed by atoms with van der Waals surface area (Å²) in [4.78, 5) is 12.7. The molecule has 7 heteroatoms. The zero-order valence-corrected chi connectivity index (χ0v) is 12.7. The van der Waals surface area contributed by atoms with Gasteiger partial charge in [-0.25, -0.2) is 0 Å². The molecule has 1 saturated heterocycles. The minimum absolute atomic E-state index is 0.0881. The van der Waals surface area contributed by atoms with E-state index in [9.17, 15) is 10.1 Å². The molecule has 1 heterocycles. The van der Waals surface area contributed by atoms with Crippen molar-refractivity contribution in [2.24, 2.45) is 11.1 Å². The molecule has 1 fully saturated rings. The van der Waals surface area contributed by atoms with Crippen molar-refractivity contribution in [1.82, 2.24) is 4.90 Å². The number of hydrogen-bond acceptors (Lipinski definition) is 5. The SMILES string of the molecule is CC1CN(Cc2cccc([N+](=O)[O-])c2Br)CC/C1=N\O. The van der Waals surface area contributed by atoms with E-state index >= 15 is 0 Å². The number of nitro benzene ring substituents is 1. The Morgan fingerprint density at radius 1 is 1.60 bits per heavy atom. The van der Waals surface area contributed by atoms with Crippen LogP contribution < -0.4 is 0 Å². The molecule has 1 unspecified atom stereocenters. The van der Waals surface area contributed by atoms with Crippen molar-refractivity contribution in [3.63, 3.8) is 0 Å². The number of rotatable bonds is 3. The number of benzene rings is 1. The summed E-state index contributed by atoms with van der Waals surface area (Å²) in [6.07, 6.45) is 0.726. The van der Waals surface area contributed by atoms with Gasteiger partial charge in [0.1, 0.15) is 0 Å². The quantitative estimate of drug-likeness (QED) is 0.520. The molecule has 1 aromatic rings. The van der Waals surface area contributed by atoms with E-state index in [2.05, 4.69) is 26.0 Å². The Morgan fingerprint density at radius 3 is 2.95 bits per heavy atom. The van der Waals surface area contributed by atoms with Crippen LogP contribution >= 0.6 is 15.9 Å². The van der Waals surface area contributed by atoms with Crippen LogP contribution in [0.4, 0.5) is 5.69 Å². The highest BCUT2D eigenvalue weighted by Crippen LogP contribution is 2.29. The number of nitro groups is 1. The Labute approximate surface area is 125 Å². The first-order valence-corrected chi connectivity index (χ1v) is 7.17. The molecule has 1 atom stereocenters. The number of nitrogens with zero attached hydrogens (tertiary/aromatic N) is 3. The molecule has 0 bridgehead atoms. The van der Waals surface area contributed by atoms with Crippen LogP contribution in [0.2, 0.25) is 0 Å². The van der Waals surface area contributed by atoms with Gasteiger partial charge >= 0.3 is 0 Å². The summed E-state index contributed by atoms with van der Waals surface area (Å²) < 4.78 is 0.541. The summed E-state index contributed by atoms with van der Waals surface area (Å²) in [6.45, 7) is 4.24. The van der Waals surface area contributed by atoms with Crippen molar-refractivity contribution in [1.29, 1.82) is 0 Å². The Kier molecular flexibility index (Phi) is 4.72. The monoisotopic (exact) mass is 341 g/mol. The van der Waals surface area contributed by atoms with Crippen LogP contribution in [0.25, 0.3) is 0 Å². The van der Waals surface area contributed by atoms with Crippen LogP contribution in [-0.2, 0) is 6.54 Å². The molecule has 108 valence electrons. The van der Waals surface area contributed by atoms with E-state index < -0.39 is 0 Å². The van der Waals surface area contributed by atoms with Crippen molar-refractivity contribution in [2.45, 2.75) is 19.9 Å². The molecule has 20 heavy (non-hydrogen) atoms. The van der Waals surface area contributed by atoms with Gasteiger partial charge in [0.2, 0.25) is 0 Å². The minimum Gasteiger partial charge on any atom is -0.411 e. The predicted octanol–water partition coefficient (Wildman–Crippen LogP) is 3.03. The van der Waals surface area contributed by atoms with Crippen LogP contribution in [0, 0.1) is 16.0 Å². The summed E-state index contributed by atoms with van der Waals surface area (Å²) >= 11 is 3.32. The Morgan fingerprint density at radius 2 is 2.35 bits per heavy atom. The van der Waals surface area contributed by atoms with Crippen molar-refractivity contribution in [3.8, 4) is 0 Å². The zero-order chi connectivity index (χ0) is 14.7. The lowest BCUT2D eigenvalue weighted by atomic mass is 9.97. The van der Waals surface area contributed by atoms with Gasteiger partial charge < -0.3 is 5.21 Å². The Balaban J connectivity index is 2.12. The fraction of sp³-hybridized carbons (Fsp3) is 0.462. The van der Waals surface area contributed by atoms with Crippen molar-refractivity contribution < 1.29 is 10.1 Å². The second-order valence-electron chi connectivity index (χ2n) is 4.98. The van der Waals surface area contributed by atoms with Crippen LogP contribution in [0.15, 0.2) is 27.8 Å². The van der Waals surface area contributed by atoms with E-state index in [1.165, 1.54) is 6.07 Å². The summed E-state index contributed by atoms with van der Waals surface area (Å²) in [7, 11) is 0. The third-order valence-corrected chi connectivity index (χ3v) is 4.48. The van der Waals surface area contributed by atoms with Crippen LogP contribution in [0.5, 0.6) is 0 Å². The standard InChI is InChI=1S/C13H16BrN3O3/c1-9-7-16(6-5-11(9)15-18)8-10-3-2-4-12(13(10)14)17(19)20/h2-4,9,18H,5-8H2,1H3/b15-11+. The van der Waals surface area contributed by atoms with Gasteiger partial charge in [-0.2, -0.15) is 0 Å². The third kappa shape index (κ3) is 3.16. The number of halogens is 1. The van der Waals surface area contributed by atoms with Gasteiger partial charge in [0.15, 0.2) is 0 Å². The van der Waals surface area contributed by atoms with E-state index in [1.54, 1.807) is 6.07 Å². The average molecular weight is 342 g/mol. The molecule has 1 aromatic carbocycles. The lowest BCUT2D eigenvalue weighted by Gasteiger charge is -2.31. The first-order chi connectivity index (χ1) is 9.52. The number of piperidine rings is 1. The first-order valence-electron chi connectivity index (χ1n) is 6.38. The smallest absolute Gasteiger partial charge is 0.283 e. The molecule has 6 nitrogen and oxygen atoms in total. The highest BCUT2D eigenvalue weighted by Gasteiger charge is 2.24. The maximum atomic E-state index is 10.9. The highest BCUT2D eigenvalue weighted by atomic mass is 79.9. The van der Waals surface area contributed by atoms with E-state index in [0.29, 0.717) is 11.0 Å². The molecular formula is C13H16BrN3O3. The molecule has 1 aliphatic heterocycles. The highest BCUT2D eigenvalue weighted by molar-refractivity contribution is 9.10. The molecule has 0 aliphatic carbocycles. The summed E-state index contributed by atoms with van der Waals surface area (Å²) in [5.74, 6) is 0.200. The number of hydrogen-bond donors (Lipinski definition) is 1. The molecule has 1 N–H and O–H groups in total. The first kappa shape index (κ1) is 14.9. The normalized spacial score (nSPS) is 22.1. The molecule has 0 aromatic heterocycles. The summed E-state index contributed by atoms with van der Waals surface area (Å²) in [6, 6.07) is 5.08. The lowest BCUT2D eigenvalue weighted by molar-refractivity contribution is -0.385. The maximum absolute atomic E-state index is 10.9. The van der Waals surface area contributed by atoms with E-state index in [4.69, 9.17) is 5.21 Å². The second kappa shape index (κ2) is 6.32. The maximum Gasteiger partial charge on any atom is 0.283 e. The van der Waals surface area contributed by atoms with Crippen molar-refractivity contribution in [3.05, 3.63) is 38.3 Å². The van der Waals surface area contributed by atoms with E-state index in [1.807, 2.05) is 13.0 Å². The lowest BCUT2D eigenvalue weighted by Crippen LogP contribution is -2.39. The largest absolute Gasteiger partial charge is 0.411 e. The van der Waals surface area contributed by atoms with Crippen LogP contribution in [-0.4, -0.2) is 33.8 Å². The van der Waals surface area contributed by atoms with Gasteiger partial charge in [0.25, 0.3) is 5.69 Å². The van der Waals surface area contributed by atoms with Gasteiger partial charge in [-0.15, -0.1) is 0 Å².